The normalized spacial score (nSPS) is 34.5. The Bertz CT molecular complexity index is 379. The minimum absolute atomic E-state index is 0.0289. The second-order valence-electron chi connectivity index (χ2n) is 5.98. The molecule has 3 atom stereocenters. The number of ether oxygens (including phenoxy) is 1. The van der Waals surface area contributed by atoms with Crippen molar-refractivity contribution in [1.29, 1.82) is 0 Å². The lowest BCUT2D eigenvalue weighted by Gasteiger charge is -2.46. The van der Waals surface area contributed by atoms with Gasteiger partial charge in [-0.25, -0.2) is 0 Å². The third kappa shape index (κ3) is 2.68. The quantitative estimate of drug-likeness (QED) is 0.830. The SMILES string of the molecule is CCC1NC(=O)C(C)(CC)N(CCC2CCCO2)C1=O. The number of nitrogens with zero attached hydrogens (tertiary/aromatic N) is 1. The van der Waals surface area contributed by atoms with E-state index in [4.69, 9.17) is 4.74 Å². The number of hydrogen-bond acceptors (Lipinski definition) is 3. The number of piperazine rings is 1. The van der Waals surface area contributed by atoms with Gasteiger partial charge in [-0.2, -0.15) is 0 Å². The number of hydrogen-bond donors (Lipinski definition) is 1. The molecule has 5 heteroatoms. The predicted octanol–water partition coefficient (Wildman–Crippen LogP) is 1.46. The van der Waals surface area contributed by atoms with Gasteiger partial charge in [0, 0.05) is 13.2 Å². The van der Waals surface area contributed by atoms with Crippen molar-refractivity contribution in [2.75, 3.05) is 13.2 Å². The third-order valence-electron chi connectivity index (χ3n) is 4.75. The van der Waals surface area contributed by atoms with Crippen molar-refractivity contribution >= 4 is 11.8 Å². The Labute approximate surface area is 121 Å². The summed E-state index contributed by atoms with van der Waals surface area (Å²) in [6, 6.07) is -0.369. The lowest BCUT2D eigenvalue weighted by molar-refractivity contribution is -0.157. The van der Waals surface area contributed by atoms with Gasteiger partial charge in [0.25, 0.3) is 0 Å². The molecule has 0 saturated carbocycles. The van der Waals surface area contributed by atoms with Gasteiger partial charge in [-0.05, 0) is 39.0 Å². The summed E-state index contributed by atoms with van der Waals surface area (Å²) in [5.74, 6) is 0.0215. The van der Waals surface area contributed by atoms with Gasteiger partial charge in [-0.15, -0.1) is 0 Å². The molecule has 0 aliphatic carbocycles. The molecule has 0 aromatic rings. The Kier molecular flexibility index (Phi) is 4.68. The van der Waals surface area contributed by atoms with Gasteiger partial charge in [0.2, 0.25) is 11.8 Å². The Hall–Kier alpha value is -1.10. The Morgan fingerprint density at radius 1 is 1.40 bits per heavy atom. The van der Waals surface area contributed by atoms with Gasteiger partial charge < -0.3 is 15.0 Å². The minimum Gasteiger partial charge on any atom is -0.378 e. The highest BCUT2D eigenvalue weighted by molar-refractivity contribution is 5.99. The van der Waals surface area contributed by atoms with Crippen LogP contribution < -0.4 is 5.32 Å². The fraction of sp³-hybridized carbons (Fsp3) is 0.867. The van der Waals surface area contributed by atoms with E-state index >= 15 is 0 Å². The second kappa shape index (κ2) is 6.12. The van der Waals surface area contributed by atoms with Gasteiger partial charge in [-0.3, -0.25) is 9.59 Å². The van der Waals surface area contributed by atoms with E-state index in [1.807, 2.05) is 20.8 Å². The molecule has 114 valence electrons. The van der Waals surface area contributed by atoms with Gasteiger partial charge in [-0.1, -0.05) is 13.8 Å². The van der Waals surface area contributed by atoms with E-state index in [-0.39, 0.29) is 24.0 Å². The van der Waals surface area contributed by atoms with Crippen LogP contribution in [0.1, 0.15) is 52.9 Å². The van der Waals surface area contributed by atoms with E-state index < -0.39 is 5.54 Å². The van der Waals surface area contributed by atoms with Crippen molar-refractivity contribution in [1.82, 2.24) is 10.2 Å². The molecule has 2 saturated heterocycles. The summed E-state index contributed by atoms with van der Waals surface area (Å²) < 4.78 is 5.62. The van der Waals surface area contributed by atoms with Crippen molar-refractivity contribution in [2.45, 2.75) is 70.6 Å². The van der Waals surface area contributed by atoms with Crippen LogP contribution in [0, 0.1) is 0 Å². The zero-order valence-corrected chi connectivity index (χ0v) is 12.8. The molecule has 0 aromatic carbocycles. The predicted molar refractivity (Wildman–Crippen MR) is 76.2 cm³/mol. The maximum Gasteiger partial charge on any atom is 0.246 e. The van der Waals surface area contributed by atoms with Crippen molar-refractivity contribution in [3.63, 3.8) is 0 Å². The molecule has 20 heavy (non-hydrogen) atoms. The zero-order valence-electron chi connectivity index (χ0n) is 12.8. The Morgan fingerprint density at radius 3 is 2.70 bits per heavy atom. The molecule has 0 bridgehead atoms. The van der Waals surface area contributed by atoms with Crippen LogP contribution in [0.5, 0.6) is 0 Å². The van der Waals surface area contributed by atoms with Crippen LogP contribution in [0.2, 0.25) is 0 Å². The van der Waals surface area contributed by atoms with Crippen LogP contribution in [0.4, 0.5) is 0 Å². The lowest BCUT2D eigenvalue weighted by Crippen LogP contribution is -2.69. The van der Waals surface area contributed by atoms with E-state index in [0.29, 0.717) is 19.4 Å². The molecule has 0 spiro atoms. The summed E-state index contributed by atoms with van der Waals surface area (Å²) in [6.07, 6.45) is 4.50. The van der Waals surface area contributed by atoms with Gasteiger partial charge in [0.15, 0.2) is 0 Å². The third-order valence-corrected chi connectivity index (χ3v) is 4.75. The maximum atomic E-state index is 12.6. The van der Waals surface area contributed by atoms with E-state index in [9.17, 15) is 9.59 Å². The molecule has 3 unspecified atom stereocenters. The lowest BCUT2D eigenvalue weighted by atomic mass is 9.89. The Balaban J connectivity index is 2.09. The molecule has 2 fully saturated rings. The molecular weight excluding hydrogens is 256 g/mol. The molecular formula is C15H26N2O3. The van der Waals surface area contributed by atoms with Crippen molar-refractivity contribution in [3.8, 4) is 0 Å². The fourth-order valence-electron chi connectivity index (χ4n) is 3.06. The minimum atomic E-state index is -0.721. The number of carbonyl (C=O) groups excluding carboxylic acids is 2. The van der Waals surface area contributed by atoms with E-state index in [1.165, 1.54) is 0 Å². The average molecular weight is 282 g/mol. The summed E-state index contributed by atoms with van der Waals surface area (Å²) in [7, 11) is 0. The molecule has 0 radical (unpaired) electrons. The monoisotopic (exact) mass is 282 g/mol. The van der Waals surface area contributed by atoms with E-state index in [1.54, 1.807) is 4.90 Å². The number of nitrogens with one attached hydrogen (secondary N) is 1. The molecule has 0 aromatic heterocycles. The molecule has 2 rings (SSSR count). The first-order valence-corrected chi connectivity index (χ1v) is 7.77. The second-order valence-corrected chi connectivity index (χ2v) is 5.98. The van der Waals surface area contributed by atoms with Crippen LogP contribution in [0.15, 0.2) is 0 Å². The van der Waals surface area contributed by atoms with Crippen LogP contribution in [-0.2, 0) is 14.3 Å². The largest absolute Gasteiger partial charge is 0.378 e. The molecule has 5 nitrogen and oxygen atoms in total. The highest BCUT2D eigenvalue weighted by atomic mass is 16.5. The molecule has 2 amide bonds. The van der Waals surface area contributed by atoms with Gasteiger partial charge in [0.05, 0.1) is 6.10 Å². The van der Waals surface area contributed by atoms with Crippen molar-refractivity contribution in [3.05, 3.63) is 0 Å². The standard InChI is InChI=1S/C15H26N2O3/c1-4-12-13(18)17(9-8-11-7-6-10-20-11)15(3,5-2)14(19)16-12/h11-12H,4-10H2,1-3H3,(H,16,19). The Morgan fingerprint density at radius 2 is 2.15 bits per heavy atom. The highest BCUT2D eigenvalue weighted by Gasteiger charge is 2.47. The van der Waals surface area contributed by atoms with Crippen molar-refractivity contribution in [2.24, 2.45) is 0 Å². The van der Waals surface area contributed by atoms with Crippen LogP contribution >= 0.6 is 0 Å². The molecule has 2 heterocycles. The fourth-order valence-corrected chi connectivity index (χ4v) is 3.06. The topological polar surface area (TPSA) is 58.6 Å². The summed E-state index contributed by atoms with van der Waals surface area (Å²) in [5, 5.41) is 2.85. The smallest absolute Gasteiger partial charge is 0.246 e. The molecule has 2 aliphatic rings. The first-order valence-electron chi connectivity index (χ1n) is 7.77. The molecule has 1 N–H and O–H groups in total. The summed E-state index contributed by atoms with van der Waals surface area (Å²) in [4.78, 5) is 26.7. The van der Waals surface area contributed by atoms with Crippen LogP contribution in [0.25, 0.3) is 0 Å². The van der Waals surface area contributed by atoms with E-state index in [0.717, 1.165) is 25.9 Å². The number of amides is 2. The highest BCUT2D eigenvalue weighted by Crippen LogP contribution is 2.27. The first-order chi connectivity index (χ1) is 9.52. The van der Waals surface area contributed by atoms with Crippen LogP contribution in [0.3, 0.4) is 0 Å². The first kappa shape index (κ1) is 15.3. The van der Waals surface area contributed by atoms with Crippen LogP contribution in [-0.4, -0.2) is 47.6 Å². The summed E-state index contributed by atoms with van der Waals surface area (Å²) in [6.45, 7) is 7.18. The van der Waals surface area contributed by atoms with Crippen molar-refractivity contribution < 1.29 is 14.3 Å². The number of carbonyl (C=O) groups is 2. The summed E-state index contributed by atoms with van der Waals surface area (Å²) >= 11 is 0. The average Bonchev–Trinajstić information content (AvgIpc) is 2.96. The summed E-state index contributed by atoms with van der Waals surface area (Å²) in [5.41, 5.74) is -0.721. The maximum absolute atomic E-state index is 12.6. The van der Waals surface area contributed by atoms with Gasteiger partial charge >= 0.3 is 0 Å². The van der Waals surface area contributed by atoms with Gasteiger partial charge in [0.1, 0.15) is 11.6 Å². The zero-order chi connectivity index (χ0) is 14.8. The van der Waals surface area contributed by atoms with E-state index in [2.05, 4.69) is 5.32 Å². The molecule has 2 aliphatic heterocycles. The number of rotatable bonds is 5.